The van der Waals surface area contributed by atoms with Gasteiger partial charge < -0.3 is 10.2 Å². The highest BCUT2D eigenvalue weighted by molar-refractivity contribution is 4.90. The zero-order valence-electron chi connectivity index (χ0n) is 11.7. The zero-order valence-corrected chi connectivity index (χ0v) is 11.7. The molecule has 2 atom stereocenters. The summed E-state index contributed by atoms with van der Waals surface area (Å²) in [6.07, 6.45) is 9.94. The summed E-state index contributed by atoms with van der Waals surface area (Å²) < 4.78 is 0. The molecule has 0 spiro atoms. The highest BCUT2D eigenvalue weighted by Crippen LogP contribution is 2.24. The third-order valence-electron chi connectivity index (χ3n) is 5.13. The van der Waals surface area contributed by atoms with E-state index in [9.17, 15) is 0 Å². The lowest BCUT2D eigenvalue weighted by atomic mass is 9.94. The Labute approximate surface area is 112 Å². The highest BCUT2D eigenvalue weighted by Gasteiger charge is 2.31. The Morgan fingerprint density at radius 3 is 2.44 bits per heavy atom. The van der Waals surface area contributed by atoms with Crippen molar-refractivity contribution >= 4 is 0 Å². The van der Waals surface area contributed by atoms with Gasteiger partial charge in [-0.25, -0.2) is 0 Å². The van der Waals surface area contributed by atoms with E-state index in [4.69, 9.17) is 0 Å². The molecule has 3 fully saturated rings. The number of nitrogens with zero attached hydrogens (tertiary/aromatic N) is 2. The minimum Gasteiger partial charge on any atom is -0.312 e. The molecule has 18 heavy (non-hydrogen) atoms. The van der Waals surface area contributed by atoms with E-state index >= 15 is 0 Å². The molecule has 0 aromatic heterocycles. The quantitative estimate of drug-likeness (QED) is 0.820. The fraction of sp³-hybridized carbons (Fsp3) is 1.00. The Bertz CT molecular complexity index is 244. The predicted octanol–water partition coefficient (Wildman–Crippen LogP) is 1.69. The highest BCUT2D eigenvalue weighted by atomic mass is 15.2. The molecule has 3 heterocycles. The van der Waals surface area contributed by atoms with Gasteiger partial charge in [-0.15, -0.1) is 0 Å². The maximum atomic E-state index is 3.73. The molecule has 0 amide bonds. The van der Waals surface area contributed by atoms with Crippen LogP contribution in [0.25, 0.3) is 0 Å². The first-order valence-electron chi connectivity index (χ1n) is 8.13. The lowest BCUT2D eigenvalue weighted by Crippen LogP contribution is -2.51. The van der Waals surface area contributed by atoms with Gasteiger partial charge in [0.1, 0.15) is 0 Å². The Morgan fingerprint density at radius 1 is 0.833 bits per heavy atom. The van der Waals surface area contributed by atoms with Crippen LogP contribution < -0.4 is 5.32 Å². The molecule has 3 saturated heterocycles. The van der Waals surface area contributed by atoms with Gasteiger partial charge in [-0.1, -0.05) is 6.42 Å². The number of rotatable bonds is 4. The molecule has 3 rings (SSSR count). The molecule has 0 aromatic rings. The second kappa shape index (κ2) is 6.36. The van der Waals surface area contributed by atoms with Gasteiger partial charge in [-0.3, -0.25) is 4.90 Å². The fourth-order valence-corrected chi connectivity index (χ4v) is 4.07. The topological polar surface area (TPSA) is 18.5 Å². The summed E-state index contributed by atoms with van der Waals surface area (Å²) in [5, 5.41) is 3.73. The molecular formula is C15H29N3. The number of likely N-dealkylation sites (tertiary alicyclic amines) is 2. The van der Waals surface area contributed by atoms with E-state index in [0.717, 1.165) is 12.1 Å². The van der Waals surface area contributed by atoms with Crippen molar-refractivity contribution in [1.82, 2.24) is 15.1 Å². The molecule has 104 valence electrons. The third-order valence-corrected chi connectivity index (χ3v) is 5.13. The van der Waals surface area contributed by atoms with Crippen LogP contribution in [0.15, 0.2) is 0 Å². The van der Waals surface area contributed by atoms with Gasteiger partial charge in [0, 0.05) is 25.2 Å². The largest absolute Gasteiger partial charge is 0.312 e. The van der Waals surface area contributed by atoms with Gasteiger partial charge in [0.25, 0.3) is 0 Å². The molecule has 1 N–H and O–H groups in total. The van der Waals surface area contributed by atoms with Crippen LogP contribution in [0.2, 0.25) is 0 Å². The maximum Gasteiger partial charge on any atom is 0.0249 e. The minimum absolute atomic E-state index is 0.795. The number of piperidine rings is 1. The van der Waals surface area contributed by atoms with Crippen molar-refractivity contribution in [3.8, 4) is 0 Å². The van der Waals surface area contributed by atoms with Crippen LogP contribution in [0, 0.1) is 0 Å². The SMILES string of the molecule is C1CNC(C2CCCCN2CCN2CCCC2)C1. The van der Waals surface area contributed by atoms with E-state index in [1.54, 1.807) is 0 Å². The van der Waals surface area contributed by atoms with E-state index < -0.39 is 0 Å². The van der Waals surface area contributed by atoms with E-state index in [1.807, 2.05) is 0 Å². The van der Waals surface area contributed by atoms with Gasteiger partial charge in [0.2, 0.25) is 0 Å². The van der Waals surface area contributed by atoms with Crippen LogP contribution in [0.3, 0.4) is 0 Å². The van der Waals surface area contributed by atoms with Crippen LogP contribution in [0.4, 0.5) is 0 Å². The molecule has 0 bridgehead atoms. The second-order valence-electron chi connectivity index (χ2n) is 6.35. The summed E-state index contributed by atoms with van der Waals surface area (Å²) in [6, 6.07) is 1.63. The van der Waals surface area contributed by atoms with Crippen molar-refractivity contribution in [3.63, 3.8) is 0 Å². The number of hydrogen-bond donors (Lipinski definition) is 1. The summed E-state index contributed by atoms with van der Waals surface area (Å²) in [5.74, 6) is 0. The summed E-state index contributed by atoms with van der Waals surface area (Å²) in [4.78, 5) is 5.46. The average Bonchev–Trinajstić information content (AvgIpc) is 3.10. The molecule has 0 aromatic carbocycles. The number of nitrogens with one attached hydrogen (secondary N) is 1. The molecule has 0 radical (unpaired) electrons. The molecule has 0 saturated carbocycles. The Balaban J connectivity index is 1.50. The molecule has 3 heteroatoms. The third kappa shape index (κ3) is 3.06. The molecule has 3 aliphatic heterocycles. The Kier molecular flexibility index (Phi) is 4.55. The minimum atomic E-state index is 0.795. The summed E-state index contributed by atoms with van der Waals surface area (Å²) in [5.41, 5.74) is 0. The van der Waals surface area contributed by atoms with Crippen molar-refractivity contribution < 1.29 is 0 Å². The van der Waals surface area contributed by atoms with E-state index in [-0.39, 0.29) is 0 Å². The van der Waals surface area contributed by atoms with E-state index in [0.29, 0.717) is 0 Å². The first-order chi connectivity index (χ1) is 8.93. The lowest BCUT2D eigenvalue weighted by molar-refractivity contribution is 0.107. The fourth-order valence-electron chi connectivity index (χ4n) is 4.07. The van der Waals surface area contributed by atoms with Gasteiger partial charge in [0.15, 0.2) is 0 Å². The lowest BCUT2D eigenvalue weighted by Gasteiger charge is -2.40. The first kappa shape index (κ1) is 12.9. The van der Waals surface area contributed by atoms with E-state index in [1.165, 1.54) is 84.2 Å². The van der Waals surface area contributed by atoms with Crippen molar-refractivity contribution in [3.05, 3.63) is 0 Å². The van der Waals surface area contributed by atoms with Gasteiger partial charge in [-0.2, -0.15) is 0 Å². The van der Waals surface area contributed by atoms with Crippen LogP contribution >= 0.6 is 0 Å². The smallest absolute Gasteiger partial charge is 0.0249 e. The van der Waals surface area contributed by atoms with Crippen molar-refractivity contribution in [2.24, 2.45) is 0 Å². The maximum absolute atomic E-state index is 3.73. The van der Waals surface area contributed by atoms with Crippen LogP contribution in [-0.2, 0) is 0 Å². The standard InChI is InChI=1S/C15H29N3/c1-2-11-18(13-12-17-9-3-4-10-17)15(7-1)14-6-5-8-16-14/h14-16H,1-13H2. The summed E-state index contributed by atoms with van der Waals surface area (Å²) >= 11 is 0. The predicted molar refractivity (Wildman–Crippen MR) is 75.9 cm³/mol. The summed E-state index contributed by atoms with van der Waals surface area (Å²) in [6.45, 7) is 7.91. The molecular weight excluding hydrogens is 222 g/mol. The molecule has 3 nitrogen and oxygen atoms in total. The van der Waals surface area contributed by atoms with Crippen molar-refractivity contribution in [2.45, 2.75) is 57.0 Å². The first-order valence-corrected chi connectivity index (χ1v) is 8.13. The zero-order chi connectivity index (χ0) is 12.2. The second-order valence-corrected chi connectivity index (χ2v) is 6.35. The average molecular weight is 251 g/mol. The van der Waals surface area contributed by atoms with Gasteiger partial charge >= 0.3 is 0 Å². The molecule has 2 unspecified atom stereocenters. The van der Waals surface area contributed by atoms with Crippen molar-refractivity contribution in [2.75, 3.05) is 39.3 Å². The summed E-state index contributed by atoms with van der Waals surface area (Å²) in [7, 11) is 0. The monoisotopic (exact) mass is 251 g/mol. The van der Waals surface area contributed by atoms with Crippen molar-refractivity contribution in [1.29, 1.82) is 0 Å². The van der Waals surface area contributed by atoms with Gasteiger partial charge in [-0.05, 0) is 64.7 Å². The molecule has 0 aliphatic carbocycles. The van der Waals surface area contributed by atoms with Crippen LogP contribution in [-0.4, -0.2) is 61.2 Å². The Hall–Kier alpha value is -0.120. The van der Waals surface area contributed by atoms with Gasteiger partial charge in [0.05, 0.1) is 0 Å². The van der Waals surface area contributed by atoms with E-state index in [2.05, 4.69) is 15.1 Å². The number of hydrogen-bond acceptors (Lipinski definition) is 3. The molecule has 3 aliphatic rings. The normalized spacial score (nSPS) is 35.3. The van der Waals surface area contributed by atoms with Crippen LogP contribution in [0.1, 0.15) is 44.9 Å². The Morgan fingerprint density at radius 2 is 1.67 bits per heavy atom. The van der Waals surface area contributed by atoms with Crippen LogP contribution in [0.5, 0.6) is 0 Å².